The summed E-state index contributed by atoms with van der Waals surface area (Å²) in [4.78, 5) is 24.8. The quantitative estimate of drug-likeness (QED) is 0.732. The molecule has 0 radical (unpaired) electrons. The second-order valence-electron chi connectivity index (χ2n) is 6.70. The zero-order valence-electron chi connectivity index (χ0n) is 16.3. The first-order valence-corrected chi connectivity index (χ1v) is 10.6. The summed E-state index contributed by atoms with van der Waals surface area (Å²) in [6, 6.07) is 11.0. The van der Waals surface area contributed by atoms with Gasteiger partial charge < -0.3 is 4.74 Å². The Morgan fingerprint density at radius 1 is 0.966 bits per heavy atom. The maximum absolute atomic E-state index is 12.8. The van der Waals surface area contributed by atoms with Gasteiger partial charge in [0.05, 0.1) is 18.1 Å². The van der Waals surface area contributed by atoms with Gasteiger partial charge in [0, 0.05) is 24.2 Å². The van der Waals surface area contributed by atoms with E-state index in [1.165, 1.54) is 28.6 Å². The molecule has 1 fully saturated rings. The van der Waals surface area contributed by atoms with Crippen LogP contribution in [0.15, 0.2) is 47.4 Å². The van der Waals surface area contributed by atoms with E-state index >= 15 is 0 Å². The smallest absolute Gasteiger partial charge is 0.269 e. The topological polar surface area (TPSA) is 105 Å². The number of benzene rings is 2. The van der Waals surface area contributed by atoms with Crippen molar-refractivity contribution in [3.05, 3.63) is 64.7 Å². The summed E-state index contributed by atoms with van der Waals surface area (Å²) in [6.45, 7) is 4.93. The molecule has 3 rings (SSSR count). The van der Waals surface area contributed by atoms with Gasteiger partial charge in [0.25, 0.3) is 11.8 Å². The van der Waals surface area contributed by atoms with Crippen molar-refractivity contribution in [2.24, 2.45) is 0 Å². The van der Waals surface area contributed by atoms with Crippen molar-refractivity contribution in [3.8, 4) is 0 Å². The maximum Gasteiger partial charge on any atom is 0.269 e. The Morgan fingerprint density at radius 2 is 1.62 bits per heavy atom. The van der Waals surface area contributed by atoms with E-state index in [1.807, 2.05) is 19.9 Å². The molecule has 1 heterocycles. The van der Waals surface area contributed by atoms with E-state index in [9.17, 15) is 18.0 Å². The number of ether oxygens (including phenoxy) is 1. The third kappa shape index (κ3) is 4.64. The molecule has 2 N–H and O–H groups in total. The van der Waals surface area contributed by atoms with Crippen LogP contribution >= 0.6 is 0 Å². The molecule has 0 aromatic heterocycles. The summed E-state index contributed by atoms with van der Waals surface area (Å²) >= 11 is 0. The van der Waals surface area contributed by atoms with Crippen molar-refractivity contribution < 1.29 is 22.7 Å². The van der Waals surface area contributed by atoms with E-state index in [1.54, 1.807) is 12.1 Å². The van der Waals surface area contributed by atoms with Gasteiger partial charge in [-0.15, -0.1) is 0 Å². The van der Waals surface area contributed by atoms with Gasteiger partial charge in [-0.05, 0) is 49.2 Å². The lowest BCUT2D eigenvalue weighted by Crippen LogP contribution is -2.42. The minimum atomic E-state index is -3.72. The standard InChI is InChI=1S/C20H23N3O5S/c1-14-5-3-8-18(15(14)2)20(25)22-21-19(24)16-6-4-7-17(13-16)29(26,27)23-9-11-28-12-10-23/h3-8,13H,9-12H2,1-2H3,(H,21,24)(H,22,25). The number of nitrogens with zero attached hydrogens (tertiary/aromatic N) is 1. The fourth-order valence-electron chi connectivity index (χ4n) is 2.98. The lowest BCUT2D eigenvalue weighted by Gasteiger charge is -2.26. The number of hydrogen-bond acceptors (Lipinski definition) is 5. The van der Waals surface area contributed by atoms with Crippen molar-refractivity contribution in [2.75, 3.05) is 26.3 Å². The lowest BCUT2D eigenvalue weighted by atomic mass is 10.0. The van der Waals surface area contributed by atoms with Crippen molar-refractivity contribution in [3.63, 3.8) is 0 Å². The van der Waals surface area contributed by atoms with Gasteiger partial charge in [-0.3, -0.25) is 20.4 Å². The van der Waals surface area contributed by atoms with Gasteiger partial charge >= 0.3 is 0 Å². The normalized spacial score (nSPS) is 15.0. The van der Waals surface area contributed by atoms with E-state index in [0.717, 1.165) is 11.1 Å². The molecule has 2 amide bonds. The lowest BCUT2D eigenvalue weighted by molar-refractivity contribution is 0.0730. The van der Waals surface area contributed by atoms with Crippen LogP contribution in [-0.2, 0) is 14.8 Å². The SMILES string of the molecule is Cc1cccc(C(=O)NNC(=O)c2cccc(S(=O)(=O)N3CCOCC3)c2)c1C. The number of hydrazine groups is 1. The van der Waals surface area contributed by atoms with Crippen LogP contribution in [0.2, 0.25) is 0 Å². The first kappa shape index (κ1) is 21.0. The number of hydrogen-bond donors (Lipinski definition) is 2. The molecule has 29 heavy (non-hydrogen) atoms. The average molecular weight is 417 g/mol. The molecule has 1 aliphatic heterocycles. The summed E-state index contributed by atoms with van der Waals surface area (Å²) in [5.41, 5.74) is 7.07. The second kappa shape index (κ2) is 8.73. The molecule has 0 bridgehead atoms. The molecule has 0 atom stereocenters. The van der Waals surface area contributed by atoms with E-state index < -0.39 is 21.8 Å². The molecule has 0 saturated carbocycles. The molecule has 1 saturated heterocycles. The molecule has 8 nitrogen and oxygen atoms in total. The van der Waals surface area contributed by atoms with Crippen LogP contribution in [0.4, 0.5) is 0 Å². The van der Waals surface area contributed by atoms with Crippen LogP contribution in [0.25, 0.3) is 0 Å². The second-order valence-corrected chi connectivity index (χ2v) is 8.64. The molecule has 9 heteroatoms. The summed E-state index contributed by atoms with van der Waals surface area (Å²) in [7, 11) is -3.72. The first-order valence-electron chi connectivity index (χ1n) is 9.15. The van der Waals surface area contributed by atoms with Crippen molar-refractivity contribution in [1.29, 1.82) is 0 Å². The highest BCUT2D eigenvalue weighted by Gasteiger charge is 2.27. The van der Waals surface area contributed by atoms with Crippen LogP contribution in [0.1, 0.15) is 31.8 Å². The number of rotatable bonds is 4. The molecule has 0 aliphatic carbocycles. The Morgan fingerprint density at radius 3 is 2.34 bits per heavy atom. The molecular weight excluding hydrogens is 394 g/mol. The monoisotopic (exact) mass is 417 g/mol. The van der Waals surface area contributed by atoms with Gasteiger partial charge in [-0.1, -0.05) is 18.2 Å². The summed E-state index contributed by atoms with van der Waals surface area (Å²) in [6.07, 6.45) is 0. The third-order valence-electron chi connectivity index (χ3n) is 4.84. The fraction of sp³-hybridized carbons (Fsp3) is 0.300. The first-order chi connectivity index (χ1) is 13.8. The van der Waals surface area contributed by atoms with Gasteiger partial charge in [0.2, 0.25) is 10.0 Å². The predicted octanol–water partition coefficient (Wildman–Crippen LogP) is 1.40. The zero-order chi connectivity index (χ0) is 21.0. The Hall–Kier alpha value is -2.75. The van der Waals surface area contributed by atoms with E-state index in [2.05, 4.69) is 10.9 Å². The molecule has 0 unspecified atom stereocenters. The molecule has 2 aromatic rings. The number of sulfonamides is 1. The molecular formula is C20H23N3O5S. The Balaban J connectivity index is 1.71. The minimum absolute atomic E-state index is 0.0212. The number of aryl methyl sites for hydroxylation is 1. The Kier molecular flexibility index (Phi) is 6.31. The summed E-state index contributed by atoms with van der Waals surface area (Å²) < 4.78 is 32.0. The largest absolute Gasteiger partial charge is 0.379 e. The van der Waals surface area contributed by atoms with Crippen LogP contribution < -0.4 is 10.9 Å². The highest BCUT2D eigenvalue weighted by molar-refractivity contribution is 7.89. The maximum atomic E-state index is 12.8. The van der Waals surface area contributed by atoms with E-state index in [-0.39, 0.29) is 23.5 Å². The van der Waals surface area contributed by atoms with Crippen molar-refractivity contribution in [1.82, 2.24) is 15.2 Å². The van der Waals surface area contributed by atoms with Crippen LogP contribution in [0, 0.1) is 13.8 Å². The number of amides is 2. The number of carbonyl (C=O) groups excluding carboxylic acids is 2. The van der Waals surface area contributed by atoms with Gasteiger partial charge in [-0.25, -0.2) is 8.42 Å². The predicted molar refractivity (Wildman–Crippen MR) is 107 cm³/mol. The van der Waals surface area contributed by atoms with E-state index in [4.69, 9.17) is 4.74 Å². The highest BCUT2D eigenvalue weighted by atomic mass is 32.2. The van der Waals surface area contributed by atoms with Crippen LogP contribution in [0.5, 0.6) is 0 Å². The van der Waals surface area contributed by atoms with Crippen LogP contribution in [-0.4, -0.2) is 50.8 Å². The summed E-state index contributed by atoms with van der Waals surface area (Å²) in [5.74, 6) is -1.06. The van der Waals surface area contributed by atoms with Gasteiger partial charge in [0.1, 0.15) is 0 Å². The van der Waals surface area contributed by atoms with Crippen LogP contribution in [0.3, 0.4) is 0 Å². The molecule has 2 aromatic carbocycles. The minimum Gasteiger partial charge on any atom is -0.379 e. The third-order valence-corrected chi connectivity index (χ3v) is 6.74. The molecule has 1 aliphatic rings. The Bertz CT molecular complexity index is 1030. The average Bonchev–Trinajstić information content (AvgIpc) is 2.74. The van der Waals surface area contributed by atoms with Crippen molar-refractivity contribution >= 4 is 21.8 Å². The Labute approximate surface area is 169 Å². The number of carbonyl (C=O) groups is 2. The fourth-order valence-corrected chi connectivity index (χ4v) is 4.44. The van der Waals surface area contributed by atoms with Crippen molar-refractivity contribution in [2.45, 2.75) is 18.7 Å². The van der Waals surface area contributed by atoms with Gasteiger partial charge in [0.15, 0.2) is 0 Å². The number of nitrogens with one attached hydrogen (secondary N) is 2. The summed E-state index contributed by atoms with van der Waals surface area (Å²) in [5, 5.41) is 0. The zero-order valence-corrected chi connectivity index (χ0v) is 17.1. The molecule has 0 spiro atoms. The van der Waals surface area contributed by atoms with E-state index in [0.29, 0.717) is 18.8 Å². The number of morpholine rings is 1. The molecule has 154 valence electrons. The highest BCUT2D eigenvalue weighted by Crippen LogP contribution is 2.18. The van der Waals surface area contributed by atoms with Gasteiger partial charge in [-0.2, -0.15) is 4.31 Å².